The Morgan fingerprint density at radius 3 is 1.04 bits per heavy atom. The van der Waals surface area contributed by atoms with E-state index in [1.54, 1.807) is 0 Å². The molecule has 2 atom stereocenters. The average Bonchev–Trinajstić information content (AvgIpc) is 3.54. The van der Waals surface area contributed by atoms with Crippen molar-refractivity contribution >= 4 is 0 Å². The molecule has 0 aliphatic carbocycles. The molecule has 0 spiro atoms. The quantitative estimate of drug-likeness (QED) is 0.0563. The van der Waals surface area contributed by atoms with Gasteiger partial charge in [0.25, 0.3) is 5.82 Å². The summed E-state index contributed by atoms with van der Waals surface area (Å²) < 4.78 is 2.64. The van der Waals surface area contributed by atoms with Crippen LogP contribution in [-0.2, 0) is 0 Å². The minimum absolute atomic E-state index is 0.619. The second-order valence-electron chi connectivity index (χ2n) is 15.1. The predicted octanol–water partition coefficient (Wildman–Crippen LogP) is 15.3. The summed E-state index contributed by atoms with van der Waals surface area (Å²) in [5.41, 5.74) is 0. The SMILES string of the molecule is CCCCCCCCCCCCCCCCCCC(CCCCCCC)c1[nH]cc[n+]1C(C)CCCCCCCCCCCC. The minimum Gasteiger partial charge on any atom is -0.247 e. The van der Waals surface area contributed by atoms with E-state index in [0.717, 1.165) is 0 Å². The lowest BCUT2D eigenvalue weighted by atomic mass is 9.93. The number of unbranched alkanes of at least 4 members (excludes halogenated alkanes) is 28. The summed E-state index contributed by atoms with van der Waals surface area (Å²) in [5.74, 6) is 2.24. The summed E-state index contributed by atoms with van der Waals surface area (Å²) in [6, 6.07) is 0.619. The fourth-order valence-corrected chi connectivity index (χ4v) is 7.49. The Morgan fingerprint density at radius 2 is 0.711 bits per heavy atom. The molecule has 0 aromatic carbocycles. The number of hydrogen-bond donors (Lipinski definition) is 1. The molecule has 266 valence electrons. The van der Waals surface area contributed by atoms with Crippen molar-refractivity contribution in [1.29, 1.82) is 0 Å². The largest absolute Gasteiger partial charge is 0.257 e. The van der Waals surface area contributed by atoms with Crippen LogP contribution in [-0.4, -0.2) is 4.98 Å². The fraction of sp³-hybridized carbons (Fsp3) is 0.930. The molecule has 0 saturated heterocycles. The summed E-state index contributed by atoms with van der Waals surface area (Å²) in [5, 5.41) is 0. The van der Waals surface area contributed by atoms with E-state index in [1.807, 2.05) is 0 Å². The number of nitrogens with one attached hydrogen (secondary N) is 1. The maximum atomic E-state index is 3.75. The van der Waals surface area contributed by atoms with Crippen LogP contribution in [0.25, 0.3) is 0 Å². The van der Waals surface area contributed by atoms with Crippen LogP contribution in [0.5, 0.6) is 0 Å². The minimum atomic E-state index is 0.619. The zero-order chi connectivity index (χ0) is 32.5. The van der Waals surface area contributed by atoms with Gasteiger partial charge in [-0.25, -0.2) is 9.55 Å². The molecule has 0 saturated carbocycles. The summed E-state index contributed by atoms with van der Waals surface area (Å²) in [7, 11) is 0. The van der Waals surface area contributed by atoms with E-state index in [0.29, 0.717) is 12.0 Å². The highest BCUT2D eigenvalue weighted by Crippen LogP contribution is 2.27. The number of nitrogens with zero attached hydrogens (tertiary/aromatic N) is 1. The van der Waals surface area contributed by atoms with E-state index >= 15 is 0 Å². The van der Waals surface area contributed by atoms with E-state index in [1.165, 1.54) is 224 Å². The lowest BCUT2D eigenvalue weighted by molar-refractivity contribution is -0.727. The molecule has 0 aliphatic heterocycles. The molecule has 1 rings (SSSR count). The van der Waals surface area contributed by atoms with Crippen molar-refractivity contribution in [3.8, 4) is 0 Å². The number of aromatic nitrogens is 2. The van der Waals surface area contributed by atoms with E-state index in [2.05, 4.69) is 49.6 Å². The number of H-pyrrole nitrogens is 1. The van der Waals surface area contributed by atoms with E-state index in [4.69, 9.17) is 0 Å². The van der Waals surface area contributed by atoms with Gasteiger partial charge in [-0.1, -0.05) is 213 Å². The van der Waals surface area contributed by atoms with Crippen molar-refractivity contribution in [2.75, 3.05) is 0 Å². The first-order chi connectivity index (χ1) is 22.2. The van der Waals surface area contributed by atoms with Crippen LogP contribution < -0.4 is 4.57 Å². The van der Waals surface area contributed by atoms with Crippen LogP contribution in [0, 0.1) is 0 Å². The van der Waals surface area contributed by atoms with Gasteiger partial charge >= 0.3 is 0 Å². The molecule has 1 heterocycles. The summed E-state index contributed by atoms with van der Waals surface area (Å²) in [4.78, 5) is 3.75. The molecular weight excluding hydrogens is 544 g/mol. The molecule has 0 radical (unpaired) electrons. The standard InChI is InChI=1S/C43H84N2/c1-5-8-11-14-16-18-20-21-22-23-24-25-27-29-32-35-38-42(37-34-30-13-10-7-3)43-44-39-40-45(43)41(4)36-33-31-28-26-19-17-15-12-9-6-2/h39-42H,5-38H2,1-4H3/p+1. The normalized spacial score (nSPS) is 13.1. The third-order valence-corrected chi connectivity index (χ3v) is 10.6. The van der Waals surface area contributed by atoms with Crippen LogP contribution in [0.2, 0.25) is 0 Å². The second-order valence-corrected chi connectivity index (χ2v) is 15.1. The molecule has 2 heteroatoms. The van der Waals surface area contributed by atoms with Crippen molar-refractivity contribution < 1.29 is 4.57 Å². The van der Waals surface area contributed by atoms with Gasteiger partial charge in [0.15, 0.2) is 0 Å². The lowest BCUT2D eigenvalue weighted by Gasteiger charge is -2.17. The van der Waals surface area contributed by atoms with Gasteiger partial charge in [-0.2, -0.15) is 0 Å². The highest BCUT2D eigenvalue weighted by Gasteiger charge is 2.25. The summed E-state index contributed by atoms with van der Waals surface area (Å²) >= 11 is 0. The van der Waals surface area contributed by atoms with Crippen molar-refractivity contribution in [2.45, 2.75) is 258 Å². The predicted molar refractivity (Wildman–Crippen MR) is 202 cm³/mol. The van der Waals surface area contributed by atoms with Gasteiger partial charge in [0.2, 0.25) is 0 Å². The third-order valence-electron chi connectivity index (χ3n) is 10.6. The smallest absolute Gasteiger partial charge is 0.247 e. The first kappa shape index (κ1) is 42.2. The van der Waals surface area contributed by atoms with Crippen LogP contribution in [0.15, 0.2) is 12.4 Å². The topological polar surface area (TPSA) is 19.7 Å². The lowest BCUT2D eigenvalue weighted by Crippen LogP contribution is -2.41. The Bertz CT molecular complexity index is 694. The zero-order valence-electron chi connectivity index (χ0n) is 31.8. The summed E-state index contributed by atoms with van der Waals surface area (Å²) in [6.07, 6.45) is 53.2. The Morgan fingerprint density at radius 1 is 0.422 bits per heavy atom. The number of hydrogen-bond acceptors (Lipinski definition) is 0. The third kappa shape index (κ3) is 25.0. The molecule has 0 bridgehead atoms. The van der Waals surface area contributed by atoms with Crippen molar-refractivity contribution in [3.63, 3.8) is 0 Å². The van der Waals surface area contributed by atoms with Gasteiger partial charge in [0.05, 0.1) is 12.0 Å². The number of aromatic amines is 1. The molecule has 1 aromatic heterocycles. The first-order valence-electron chi connectivity index (χ1n) is 21.3. The van der Waals surface area contributed by atoms with E-state index < -0.39 is 0 Å². The molecular formula is C43H85N2+. The van der Waals surface area contributed by atoms with Crippen molar-refractivity contribution in [3.05, 3.63) is 18.2 Å². The Balaban J connectivity index is 2.28. The molecule has 0 aliphatic rings. The number of rotatable bonds is 36. The van der Waals surface area contributed by atoms with Crippen LogP contribution in [0.1, 0.15) is 264 Å². The monoisotopic (exact) mass is 630 g/mol. The Hall–Kier alpha value is -0.790. The maximum Gasteiger partial charge on any atom is 0.257 e. The van der Waals surface area contributed by atoms with Crippen LogP contribution >= 0.6 is 0 Å². The molecule has 0 fully saturated rings. The maximum absolute atomic E-state index is 3.75. The highest BCUT2D eigenvalue weighted by atomic mass is 15.1. The second kappa shape index (κ2) is 33.1. The highest BCUT2D eigenvalue weighted by molar-refractivity contribution is 4.90. The van der Waals surface area contributed by atoms with Gasteiger partial charge in [0, 0.05) is 0 Å². The first-order valence-corrected chi connectivity index (χ1v) is 21.3. The van der Waals surface area contributed by atoms with Gasteiger partial charge in [0.1, 0.15) is 12.4 Å². The van der Waals surface area contributed by atoms with Gasteiger partial charge in [-0.15, -0.1) is 0 Å². The summed E-state index contributed by atoms with van der Waals surface area (Å²) in [6.45, 7) is 9.43. The van der Waals surface area contributed by atoms with Gasteiger partial charge < -0.3 is 0 Å². The zero-order valence-corrected chi connectivity index (χ0v) is 31.8. The van der Waals surface area contributed by atoms with Gasteiger partial charge in [-0.3, -0.25) is 0 Å². The number of imidazole rings is 1. The molecule has 45 heavy (non-hydrogen) atoms. The molecule has 1 aromatic rings. The van der Waals surface area contributed by atoms with Crippen molar-refractivity contribution in [2.24, 2.45) is 0 Å². The van der Waals surface area contributed by atoms with Gasteiger partial charge in [-0.05, 0) is 32.6 Å². The van der Waals surface area contributed by atoms with E-state index in [9.17, 15) is 0 Å². The Kier molecular flexibility index (Phi) is 31.1. The fourth-order valence-electron chi connectivity index (χ4n) is 7.49. The molecule has 2 nitrogen and oxygen atoms in total. The van der Waals surface area contributed by atoms with Crippen LogP contribution in [0.4, 0.5) is 0 Å². The van der Waals surface area contributed by atoms with Crippen molar-refractivity contribution in [1.82, 2.24) is 4.98 Å². The molecule has 2 unspecified atom stereocenters. The Labute approximate surface area is 285 Å². The van der Waals surface area contributed by atoms with Crippen LogP contribution in [0.3, 0.4) is 0 Å². The average molecular weight is 630 g/mol. The molecule has 1 N–H and O–H groups in total. The van der Waals surface area contributed by atoms with E-state index in [-0.39, 0.29) is 0 Å². The molecule has 0 amide bonds.